The van der Waals surface area contributed by atoms with E-state index in [9.17, 15) is 8.78 Å². The van der Waals surface area contributed by atoms with Crippen molar-refractivity contribution in [2.45, 2.75) is 0 Å². The molecule has 1 aromatic heterocycles. The SMILES string of the molecule is N#Cc1ccncc1Oc1cccc(F)c1F. The number of nitriles is 1. The zero-order valence-corrected chi connectivity index (χ0v) is 8.52. The Morgan fingerprint density at radius 2 is 2.00 bits per heavy atom. The summed E-state index contributed by atoms with van der Waals surface area (Å²) in [5.41, 5.74) is 0.198. The van der Waals surface area contributed by atoms with E-state index in [1.807, 2.05) is 6.07 Å². The van der Waals surface area contributed by atoms with Crippen LogP contribution in [0.2, 0.25) is 0 Å². The van der Waals surface area contributed by atoms with Crippen LogP contribution >= 0.6 is 0 Å². The van der Waals surface area contributed by atoms with Crippen LogP contribution in [0.3, 0.4) is 0 Å². The van der Waals surface area contributed by atoms with Gasteiger partial charge in [0.25, 0.3) is 0 Å². The second kappa shape index (κ2) is 4.58. The molecule has 3 nitrogen and oxygen atoms in total. The monoisotopic (exact) mass is 232 g/mol. The summed E-state index contributed by atoms with van der Waals surface area (Å²) in [6, 6.07) is 6.86. The Hall–Kier alpha value is -2.48. The largest absolute Gasteiger partial charge is 0.451 e. The zero-order chi connectivity index (χ0) is 12.3. The fourth-order valence-electron chi connectivity index (χ4n) is 1.23. The molecule has 0 aliphatic heterocycles. The number of hydrogen-bond donors (Lipinski definition) is 0. The molecular weight excluding hydrogens is 226 g/mol. The van der Waals surface area contributed by atoms with Gasteiger partial charge in [0.05, 0.1) is 11.8 Å². The minimum Gasteiger partial charge on any atom is -0.451 e. The van der Waals surface area contributed by atoms with E-state index in [4.69, 9.17) is 10.00 Å². The Balaban J connectivity index is 2.39. The van der Waals surface area contributed by atoms with E-state index >= 15 is 0 Å². The summed E-state index contributed by atoms with van der Waals surface area (Å²) in [7, 11) is 0. The van der Waals surface area contributed by atoms with E-state index in [2.05, 4.69) is 4.98 Å². The molecule has 0 unspecified atom stereocenters. The van der Waals surface area contributed by atoms with E-state index in [1.165, 1.54) is 30.6 Å². The first-order chi connectivity index (χ1) is 8.22. The summed E-state index contributed by atoms with van der Waals surface area (Å²) >= 11 is 0. The van der Waals surface area contributed by atoms with E-state index in [-0.39, 0.29) is 17.1 Å². The van der Waals surface area contributed by atoms with Gasteiger partial charge >= 0.3 is 0 Å². The standard InChI is InChI=1S/C12H6F2N2O/c13-9-2-1-3-10(12(9)14)17-11-7-16-5-4-8(11)6-15/h1-5,7H. The number of pyridine rings is 1. The highest BCUT2D eigenvalue weighted by Gasteiger charge is 2.11. The molecule has 2 aromatic rings. The van der Waals surface area contributed by atoms with Gasteiger partial charge < -0.3 is 4.74 Å². The predicted molar refractivity (Wildman–Crippen MR) is 55.4 cm³/mol. The van der Waals surface area contributed by atoms with Crippen LogP contribution in [-0.2, 0) is 0 Å². The minimum absolute atomic E-state index is 0.0829. The van der Waals surface area contributed by atoms with Crippen molar-refractivity contribution in [1.82, 2.24) is 4.98 Å². The molecule has 5 heteroatoms. The van der Waals surface area contributed by atoms with Crippen LogP contribution in [0.4, 0.5) is 8.78 Å². The third kappa shape index (κ3) is 2.21. The van der Waals surface area contributed by atoms with Gasteiger partial charge in [-0.15, -0.1) is 0 Å². The third-order valence-electron chi connectivity index (χ3n) is 2.04. The van der Waals surface area contributed by atoms with E-state index in [0.717, 1.165) is 6.07 Å². The van der Waals surface area contributed by atoms with Gasteiger partial charge in [0, 0.05) is 6.20 Å². The second-order valence-electron chi connectivity index (χ2n) is 3.14. The van der Waals surface area contributed by atoms with E-state index in [0.29, 0.717) is 0 Å². The summed E-state index contributed by atoms with van der Waals surface area (Å²) in [6.45, 7) is 0. The number of rotatable bonds is 2. The van der Waals surface area contributed by atoms with Crippen molar-refractivity contribution < 1.29 is 13.5 Å². The van der Waals surface area contributed by atoms with Crippen molar-refractivity contribution in [3.05, 3.63) is 53.9 Å². The lowest BCUT2D eigenvalue weighted by Gasteiger charge is -2.07. The van der Waals surface area contributed by atoms with Crippen molar-refractivity contribution in [1.29, 1.82) is 5.26 Å². The Morgan fingerprint density at radius 1 is 1.18 bits per heavy atom. The van der Waals surface area contributed by atoms with Crippen molar-refractivity contribution in [3.63, 3.8) is 0 Å². The third-order valence-corrected chi connectivity index (χ3v) is 2.04. The minimum atomic E-state index is -1.10. The van der Waals surface area contributed by atoms with Crippen LogP contribution in [-0.4, -0.2) is 4.98 Å². The van der Waals surface area contributed by atoms with Gasteiger partial charge in [-0.05, 0) is 18.2 Å². The van der Waals surface area contributed by atoms with Gasteiger partial charge in [0.2, 0.25) is 5.82 Å². The molecule has 0 saturated carbocycles. The first kappa shape index (κ1) is 11.0. The average molecular weight is 232 g/mol. The van der Waals surface area contributed by atoms with Gasteiger partial charge in [0.15, 0.2) is 17.3 Å². The van der Waals surface area contributed by atoms with Crippen molar-refractivity contribution in [2.75, 3.05) is 0 Å². The van der Waals surface area contributed by atoms with Crippen molar-refractivity contribution >= 4 is 0 Å². The molecule has 0 atom stereocenters. The summed E-state index contributed by atoms with van der Waals surface area (Å²) < 4.78 is 31.4. The molecule has 0 amide bonds. The maximum absolute atomic E-state index is 13.3. The average Bonchev–Trinajstić information content (AvgIpc) is 2.35. The molecule has 1 aromatic carbocycles. The number of aromatic nitrogens is 1. The van der Waals surface area contributed by atoms with Gasteiger partial charge in [0.1, 0.15) is 6.07 Å². The van der Waals surface area contributed by atoms with Crippen LogP contribution in [0.5, 0.6) is 11.5 Å². The second-order valence-corrected chi connectivity index (χ2v) is 3.14. The van der Waals surface area contributed by atoms with Gasteiger partial charge in [-0.1, -0.05) is 6.07 Å². The summed E-state index contributed by atoms with van der Waals surface area (Å²) in [5, 5.41) is 8.79. The fourth-order valence-corrected chi connectivity index (χ4v) is 1.23. The Morgan fingerprint density at radius 3 is 2.76 bits per heavy atom. The van der Waals surface area contributed by atoms with Crippen molar-refractivity contribution in [3.8, 4) is 17.6 Å². The molecule has 0 radical (unpaired) electrons. The fraction of sp³-hybridized carbons (Fsp3) is 0. The molecule has 17 heavy (non-hydrogen) atoms. The van der Waals surface area contributed by atoms with Gasteiger partial charge in [-0.2, -0.15) is 9.65 Å². The highest BCUT2D eigenvalue weighted by atomic mass is 19.2. The Kier molecular flexibility index (Phi) is 2.97. The van der Waals surface area contributed by atoms with E-state index in [1.54, 1.807) is 0 Å². The van der Waals surface area contributed by atoms with Crippen LogP contribution in [0.15, 0.2) is 36.7 Å². The molecule has 0 bridgehead atoms. The van der Waals surface area contributed by atoms with Gasteiger partial charge in [-0.25, -0.2) is 4.39 Å². The normalized spacial score (nSPS) is 9.71. The number of benzene rings is 1. The van der Waals surface area contributed by atoms with Crippen molar-refractivity contribution in [2.24, 2.45) is 0 Å². The molecule has 0 N–H and O–H groups in total. The number of hydrogen-bond acceptors (Lipinski definition) is 3. The molecule has 0 fully saturated rings. The number of ether oxygens (including phenoxy) is 1. The molecule has 0 saturated heterocycles. The quantitative estimate of drug-likeness (QED) is 0.799. The lowest BCUT2D eigenvalue weighted by Crippen LogP contribution is -1.93. The Bertz CT molecular complexity index is 593. The topological polar surface area (TPSA) is 45.9 Å². The molecule has 0 spiro atoms. The smallest absolute Gasteiger partial charge is 0.201 e. The summed E-state index contributed by atoms with van der Waals surface area (Å²) in [6.07, 6.45) is 2.68. The zero-order valence-electron chi connectivity index (χ0n) is 8.52. The number of nitrogens with zero attached hydrogens (tertiary/aromatic N) is 2. The molecule has 0 aliphatic rings. The molecule has 0 aliphatic carbocycles. The molecule has 84 valence electrons. The van der Waals surface area contributed by atoms with Crippen LogP contribution in [0.25, 0.3) is 0 Å². The van der Waals surface area contributed by atoms with Crippen LogP contribution < -0.4 is 4.74 Å². The maximum Gasteiger partial charge on any atom is 0.201 e. The van der Waals surface area contributed by atoms with E-state index < -0.39 is 11.6 Å². The first-order valence-corrected chi connectivity index (χ1v) is 4.68. The van der Waals surface area contributed by atoms with Crippen LogP contribution in [0, 0.1) is 23.0 Å². The Labute approximate surface area is 95.9 Å². The predicted octanol–water partition coefficient (Wildman–Crippen LogP) is 3.02. The summed E-state index contributed by atoms with van der Waals surface area (Å²) in [5.74, 6) is -2.31. The lowest BCUT2D eigenvalue weighted by atomic mass is 10.2. The highest BCUT2D eigenvalue weighted by molar-refractivity contribution is 5.43. The summed E-state index contributed by atoms with van der Waals surface area (Å²) in [4.78, 5) is 3.75. The first-order valence-electron chi connectivity index (χ1n) is 4.68. The molecule has 1 heterocycles. The van der Waals surface area contributed by atoms with Gasteiger partial charge in [-0.3, -0.25) is 4.98 Å². The molecular formula is C12H6F2N2O. The van der Waals surface area contributed by atoms with Crippen LogP contribution in [0.1, 0.15) is 5.56 Å². The lowest BCUT2D eigenvalue weighted by molar-refractivity contribution is 0.414. The molecule has 2 rings (SSSR count). The maximum atomic E-state index is 13.3. The number of halogens is 2. The highest BCUT2D eigenvalue weighted by Crippen LogP contribution is 2.27.